The summed E-state index contributed by atoms with van der Waals surface area (Å²) < 4.78 is 12.8. The highest BCUT2D eigenvalue weighted by molar-refractivity contribution is 9.10. The first-order chi connectivity index (χ1) is 5.11. The Kier molecular flexibility index (Phi) is 2.19. The predicted molar refractivity (Wildman–Crippen MR) is 36.2 cm³/mol. The summed E-state index contributed by atoms with van der Waals surface area (Å²) in [6.07, 6.45) is 0.815. The van der Waals surface area contributed by atoms with Crippen LogP contribution in [0.2, 0.25) is 0 Å². The number of carbonyl (C=O) groups is 1. The molecule has 1 aromatic heterocycles. The van der Waals surface area contributed by atoms with Gasteiger partial charge in [0.05, 0.1) is 12.2 Å². The standard InChI is InChI=1S/C6H3BrFNO2/c7-5-1-3(6(10)11)4(8)2-9-5/h1-2H,(H,10,11)/p-1. The number of aromatic nitrogens is 1. The van der Waals surface area contributed by atoms with Crippen LogP contribution in [0.1, 0.15) is 10.4 Å². The molecule has 3 nitrogen and oxygen atoms in total. The summed E-state index contributed by atoms with van der Waals surface area (Å²) in [6.45, 7) is 0. The third-order valence-electron chi connectivity index (χ3n) is 1.04. The van der Waals surface area contributed by atoms with Crippen molar-refractivity contribution < 1.29 is 14.3 Å². The Labute approximate surface area is 70.0 Å². The zero-order valence-electron chi connectivity index (χ0n) is 5.17. The lowest BCUT2D eigenvalue weighted by Gasteiger charge is -2.02. The van der Waals surface area contributed by atoms with Crippen LogP contribution in [0.3, 0.4) is 0 Å². The van der Waals surface area contributed by atoms with E-state index in [0.717, 1.165) is 12.3 Å². The van der Waals surface area contributed by atoms with Gasteiger partial charge in [0.15, 0.2) is 5.82 Å². The molecular weight excluding hydrogens is 217 g/mol. The smallest absolute Gasteiger partial charge is 0.150 e. The number of halogens is 2. The van der Waals surface area contributed by atoms with Crippen molar-refractivity contribution in [3.63, 3.8) is 0 Å². The first-order valence-electron chi connectivity index (χ1n) is 2.63. The van der Waals surface area contributed by atoms with Crippen LogP contribution in [0, 0.1) is 5.82 Å². The van der Waals surface area contributed by atoms with Gasteiger partial charge in [0.2, 0.25) is 0 Å². The van der Waals surface area contributed by atoms with E-state index in [1.165, 1.54) is 0 Å². The third kappa shape index (κ3) is 1.74. The van der Waals surface area contributed by atoms with Gasteiger partial charge in [0.25, 0.3) is 0 Å². The molecule has 0 N–H and O–H groups in total. The van der Waals surface area contributed by atoms with Gasteiger partial charge in [-0.2, -0.15) is 0 Å². The van der Waals surface area contributed by atoms with Crippen LogP contribution in [0.5, 0.6) is 0 Å². The molecule has 1 rings (SSSR count). The Bertz CT molecular complexity index is 303. The van der Waals surface area contributed by atoms with Crippen molar-refractivity contribution in [2.45, 2.75) is 0 Å². The summed E-state index contributed by atoms with van der Waals surface area (Å²) >= 11 is 2.90. The first kappa shape index (κ1) is 8.13. The fourth-order valence-corrected chi connectivity index (χ4v) is 0.901. The lowest BCUT2D eigenvalue weighted by atomic mass is 10.3. The Morgan fingerprint density at radius 2 is 2.36 bits per heavy atom. The van der Waals surface area contributed by atoms with Gasteiger partial charge in [-0.25, -0.2) is 9.37 Å². The molecule has 0 aliphatic heterocycles. The summed E-state index contributed by atoms with van der Waals surface area (Å²) in [5.74, 6) is -2.45. The van der Waals surface area contributed by atoms with E-state index in [2.05, 4.69) is 20.9 Å². The second-order valence-electron chi connectivity index (χ2n) is 1.77. The molecule has 1 aromatic rings. The fourth-order valence-electron chi connectivity index (χ4n) is 0.570. The number of carboxylic acids is 1. The molecule has 0 amide bonds. The predicted octanol–water partition coefficient (Wildman–Crippen LogP) is 0.347. The number of pyridine rings is 1. The van der Waals surface area contributed by atoms with Crippen molar-refractivity contribution in [1.29, 1.82) is 0 Å². The quantitative estimate of drug-likeness (QED) is 0.640. The van der Waals surface area contributed by atoms with Crippen molar-refractivity contribution in [3.05, 3.63) is 28.2 Å². The van der Waals surface area contributed by atoms with Crippen molar-refractivity contribution >= 4 is 21.9 Å². The number of nitrogens with zero attached hydrogens (tertiary/aromatic N) is 1. The second-order valence-corrected chi connectivity index (χ2v) is 2.59. The molecule has 11 heavy (non-hydrogen) atoms. The average molecular weight is 219 g/mol. The number of aromatic carboxylic acids is 1. The van der Waals surface area contributed by atoms with Crippen LogP contribution < -0.4 is 5.11 Å². The zero-order valence-corrected chi connectivity index (χ0v) is 6.76. The van der Waals surface area contributed by atoms with Gasteiger partial charge >= 0.3 is 0 Å². The van der Waals surface area contributed by atoms with Gasteiger partial charge in [-0.3, -0.25) is 0 Å². The Hall–Kier alpha value is -0.970. The van der Waals surface area contributed by atoms with E-state index in [4.69, 9.17) is 0 Å². The van der Waals surface area contributed by atoms with Crippen LogP contribution in [0.15, 0.2) is 16.9 Å². The highest BCUT2D eigenvalue weighted by Crippen LogP contribution is 2.10. The molecule has 0 radical (unpaired) electrons. The van der Waals surface area contributed by atoms with Gasteiger partial charge in [-0.15, -0.1) is 0 Å². The minimum Gasteiger partial charge on any atom is -0.545 e. The van der Waals surface area contributed by atoms with Gasteiger partial charge in [0, 0.05) is 5.56 Å². The summed E-state index contributed by atoms with van der Waals surface area (Å²) in [5, 5.41) is 10.2. The maximum atomic E-state index is 12.5. The van der Waals surface area contributed by atoms with E-state index >= 15 is 0 Å². The molecule has 0 aliphatic rings. The summed E-state index contributed by atoms with van der Waals surface area (Å²) in [5.41, 5.74) is -0.494. The van der Waals surface area contributed by atoms with E-state index < -0.39 is 17.3 Å². The monoisotopic (exact) mass is 218 g/mol. The Balaban J connectivity index is 3.23. The highest BCUT2D eigenvalue weighted by atomic mass is 79.9. The third-order valence-corrected chi connectivity index (χ3v) is 1.48. The van der Waals surface area contributed by atoms with Crippen LogP contribution in [0.4, 0.5) is 4.39 Å². The average Bonchev–Trinajstić information content (AvgIpc) is 1.94. The molecule has 0 aromatic carbocycles. The van der Waals surface area contributed by atoms with Gasteiger partial charge in [-0.05, 0) is 22.0 Å². The van der Waals surface area contributed by atoms with E-state index in [9.17, 15) is 14.3 Å². The van der Waals surface area contributed by atoms with Crippen molar-refractivity contribution in [2.24, 2.45) is 0 Å². The van der Waals surface area contributed by atoms with E-state index in [0.29, 0.717) is 0 Å². The molecule has 1 heterocycles. The molecule has 0 fully saturated rings. The lowest BCUT2D eigenvalue weighted by Crippen LogP contribution is -2.23. The number of carboxylic acid groups (broad SMARTS) is 1. The minimum absolute atomic E-state index is 0.262. The lowest BCUT2D eigenvalue weighted by molar-refractivity contribution is -0.255. The number of rotatable bonds is 1. The fraction of sp³-hybridized carbons (Fsp3) is 0. The molecule has 0 bridgehead atoms. The van der Waals surface area contributed by atoms with E-state index in [1.54, 1.807) is 0 Å². The molecule has 0 saturated heterocycles. The Morgan fingerprint density at radius 3 is 2.82 bits per heavy atom. The van der Waals surface area contributed by atoms with Crippen molar-refractivity contribution in [3.8, 4) is 0 Å². The summed E-state index contributed by atoms with van der Waals surface area (Å²) in [4.78, 5) is 13.6. The van der Waals surface area contributed by atoms with Crippen LogP contribution in [-0.4, -0.2) is 11.0 Å². The minimum atomic E-state index is -1.55. The van der Waals surface area contributed by atoms with Crippen molar-refractivity contribution in [2.75, 3.05) is 0 Å². The molecule has 58 valence electrons. The van der Waals surface area contributed by atoms with Crippen LogP contribution in [-0.2, 0) is 0 Å². The molecule has 0 saturated carbocycles. The number of carbonyl (C=O) groups excluding carboxylic acids is 1. The van der Waals surface area contributed by atoms with E-state index in [-0.39, 0.29) is 4.60 Å². The number of hydrogen-bond donors (Lipinski definition) is 0. The highest BCUT2D eigenvalue weighted by Gasteiger charge is 2.03. The Morgan fingerprint density at radius 1 is 1.73 bits per heavy atom. The van der Waals surface area contributed by atoms with E-state index in [1.807, 2.05) is 0 Å². The molecule has 0 unspecified atom stereocenters. The SMILES string of the molecule is O=C([O-])c1cc(Br)ncc1F. The molecule has 0 aliphatic carbocycles. The largest absolute Gasteiger partial charge is 0.545 e. The maximum absolute atomic E-state index is 12.5. The summed E-state index contributed by atoms with van der Waals surface area (Å²) in [7, 11) is 0. The van der Waals surface area contributed by atoms with Crippen molar-refractivity contribution in [1.82, 2.24) is 4.98 Å². The molecule has 0 spiro atoms. The maximum Gasteiger partial charge on any atom is 0.150 e. The summed E-state index contributed by atoms with van der Waals surface area (Å²) in [6, 6.07) is 1.05. The topological polar surface area (TPSA) is 53.0 Å². The number of hydrogen-bond acceptors (Lipinski definition) is 3. The van der Waals surface area contributed by atoms with Crippen LogP contribution >= 0.6 is 15.9 Å². The molecule has 5 heteroatoms. The van der Waals surface area contributed by atoms with Crippen LogP contribution in [0.25, 0.3) is 0 Å². The van der Waals surface area contributed by atoms with Gasteiger partial charge in [0.1, 0.15) is 4.60 Å². The molecule has 0 atom stereocenters. The molecular formula is C6H2BrFNO2-. The van der Waals surface area contributed by atoms with Gasteiger partial charge in [-0.1, -0.05) is 0 Å². The second kappa shape index (κ2) is 2.96. The zero-order chi connectivity index (χ0) is 8.43. The first-order valence-corrected chi connectivity index (χ1v) is 3.43. The normalized spacial score (nSPS) is 9.64. The van der Waals surface area contributed by atoms with Gasteiger partial charge < -0.3 is 9.90 Å².